The molecule has 4 rings (SSSR count). The minimum Gasteiger partial charge on any atom is -0.487 e. The number of carbonyl (C=O) groups is 2. The molecule has 2 saturated heterocycles. The highest BCUT2D eigenvalue weighted by Crippen LogP contribution is 2.37. The van der Waals surface area contributed by atoms with E-state index in [9.17, 15) is 9.59 Å². The number of piperidine rings is 2. The number of nitrogens with zero attached hydrogens (tertiary/aromatic N) is 2. The second-order valence-corrected chi connectivity index (χ2v) is 13.6. The summed E-state index contributed by atoms with van der Waals surface area (Å²) in [6, 6.07) is 8.83. The second kappa shape index (κ2) is 12.9. The lowest BCUT2D eigenvalue weighted by Crippen LogP contribution is -2.41. The van der Waals surface area contributed by atoms with E-state index >= 15 is 4.39 Å². The summed E-state index contributed by atoms with van der Waals surface area (Å²) in [5.41, 5.74) is 14.7. The average Bonchev–Trinajstić information content (AvgIpc) is 2.91. The number of carbonyl (C=O) groups excluding carboxylic acids is 2. The summed E-state index contributed by atoms with van der Waals surface area (Å²) < 4.78 is 32.3. The Morgan fingerprint density at radius 3 is 1.77 bits per heavy atom. The predicted octanol–water partition coefficient (Wildman–Crippen LogP) is 6.80. The van der Waals surface area contributed by atoms with Gasteiger partial charge in [-0.15, -0.1) is 0 Å². The van der Waals surface area contributed by atoms with Gasteiger partial charge in [-0.2, -0.15) is 0 Å². The Kier molecular flexibility index (Phi) is 9.66. The third kappa shape index (κ3) is 8.67. The van der Waals surface area contributed by atoms with E-state index < -0.39 is 11.2 Å². The van der Waals surface area contributed by atoms with E-state index in [0.29, 0.717) is 56.0 Å². The zero-order chi connectivity index (χ0) is 31.5. The van der Waals surface area contributed by atoms with Gasteiger partial charge in [0.15, 0.2) is 0 Å². The number of halogens is 1. The molecule has 9 nitrogen and oxygen atoms in total. The van der Waals surface area contributed by atoms with Gasteiger partial charge in [-0.25, -0.2) is 14.0 Å². The molecule has 0 unspecified atom stereocenters. The predicted molar refractivity (Wildman–Crippen MR) is 166 cm³/mol. The first kappa shape index (κ1) is 32.2. The third-order valence-electron chi connectivity index (χ3n) is 7.85. The standard InChI is InChI=1S/C33H47FN4O5/c1-32(2,3)42-30(39)37-13-9-21(10-14-37)25-8-7-24(35)17-23(25)20-41-29-18-26(27(34)19-28(29)36)22-11-15-38(16-12-22)31(40)43-33(4,5)6/h7-8,17-19,21-22H,9-16,20,35-36H2,1-6H3. The molecule has 4 N–H and O–H groups in total. The number of likely N-dealkylation sites (tertiary alicyclic amines) is 2. The quantitative estimate of drug-likeness (QED) is 0.363. The Morgan fingerprint density at radius 1 is 0.791 bits per heavy atom. The van der Waals surface area contributed by atoms with E-state index in [1.807, 2.05) is 59.7 Å². The van der Waals surface area contributed by atoms with Crippen LogP contribution in [0.4, 0.5) is 25.4 Å². The maximum atomic E-state index is 15.1. The van der Waals surface area contributed by atoms with Crippen LogP contribution in [0, 0.1) is 5.82 Å². The molecule has 0 spiro atoms. The fourth-order valence-electron chi connectivity index (χ4n) is 5.73. The molecule has 2 aliphatic heterocycles. The van der Waals surface area contributed by atoms with Crippen molar-refractivity contribution in [2.24, 2.45) is 0 Å². The highest BCUT2D eigenvalue weighted by atomic mass is 19.1. The van der Waals surface area contributed by atoms with Gasteiger partial charge in [0.25, 0.3) is 0 Å². The lowest BCUT2D eigenvalue weighted by molar-refractivity contribution is 0.0194. The number of benzene rings is 2. The fraction of sp³-hybridized carbons (Fsp3) is 0.576. The molecule has 0 radical (unpaired) electrons. The second-order valence-electron chi connectivity index (χ2n) is 13.6. The maximum Gasteiger partial charge on any atom is 0.410 e. The van der Waals surface area contributed by atoms with E-state index in [1.54, 1.807) is 15.9 Å². The van der Waals surface area contributed by atoms with Crippen molar-refractivity contribution in [2.45, 2.75) is 96.9 Å². The highest BCUT2D eigenvalue weighted by molar-refractivity contribution is 5.68. The third-order valence-corrected chi connectivity index (χ3v) is 7.85. The van der Waals surface area contributed by atoms with Crippen LogP contribution in [0.5, 0.6) is 5.75 Å². The van der Waals surface area contributed by atoms with Crippen LogP contribution in [-0.4, -0.2) is 59.4 Å². The molecular weight excluding hydrogens is 551 g/mol. The van der Waals surface area contributed by atoms with Crippen LogP contribution in [-0.2, 0) is 16.1 Å². The van der Waals surface area contributed by atoms with Gasteiger partial charge in [0, 0.05) is 37.9 Å². The van der Waals surface area contributed by atoms with Crippen LogP contribution >= 0.6 is 0 Å². The molecule has 2 aromatic carbocycles. The summed E-state index contributed by atoms with van der Waals surface area (Å²) in [5, 5.41) is 0. The van der Waals surface area contributed by atoms with Gasteiger partial charge in [-0.1, -0.05) is 6.07 Å². The summed E-state index contributed by atoms with van der Waals surface area (Å²) in [4.78, 5) is 28.4. The topological polar surface area (TPSA) is 120 Å². The Labute approximate surface area is 254 Å². The highest BCUT2D eigenvalue weighted by Gasteiger charge is 2.30. The number of rotatable bonds is 5. The van der Waals surface area contributed by atoms with Crippen molar-refractivity contribution < 1.29 is 28.2 Å². The molecule has 2 aromatic rings. The van der Waals surface area contributed by atoms with Crippen LogP contribution in [0.15, 0.2) is 30.3 Å². The van der Waals surface area contributed by atoms with Crippen LogP contribution in [0.25, 0.3) is 0 Å². The summed E-state index contributed by atoms with van der Waals surface area (Å²) in [7, 11) is 0. The summed E-state index contributed by atoms with van der Waals surface area (Å²) in [5.74, 6) is 0.204. The van der Waals surface area contributed by atoms with E-state index in [-0.39, 0.29) is 42.1 Å². The SMILES string of the molecule is CC(C)(C)OC(=O)N1CCC(c2cc(OCc3cc(N)ccc3C3CCN(C(=O)OC(C)(C)C)CC3)c(N)cc2F)CC1. The zero-order valence-corrected chi connectivity index (χ0v) is 26.4. The Bertz CT molecular complexity index is 1300. The van der Waals surface area contributed by atoms with Gasteiger partial charge in [-0.05, 0) is 114 Å². The molecule has 10 heteroatoms. The molecular formula is C33H47FN4O5. The molecule has 2 fully saturated rings. The number of anilines is 2. The Balaban J connectivity index is 1.42. The van der Waals surface area contributed by atoms with Crippen molar-refractivity contribution in [2.75, 3.05) is 37.6 Å². The van der Waals surface area contributed by atoms with Crippen molar-refractivity contribution in [1.82, 2.24) is 9.80 Å². The molecule has 0 saturated carbocycles. The van der Waals surface area contributed by atoms with E-state index in [0.717, 1.165) is 24.0 Å². The molecule has 0 aromatic heterocycles. The van der Waals surface area contributed by atoms with Gasteiger partial charge in [0.2, 0.25) is 0 Å². The van der Waals surface area contributed by atoms with E-state index in [2.05, 4.69) is 0 Å². The molecule has 2 heterocycles. The molecule has 2 amide bonds. The van der Waals surface area contributed by atoms with Crippen molar-refractivity contribution in [3.63, 3.8) is 0 Å². The van der Waals surface area contributed by atoms with Crippen LogP contribution in [0.1, 0.15) is 95.8 Å². The van der Waals surface area contributed by atoms with Gasteiger partial charge in [0.05, 0.1) is 5.69 Å². The van der Waals surface area contributed by atoms with Gasteiger partial charge in [-0.3, -0.25) is 0 Å². The maximum absolute atomic E-state index is 15.1. The van der Waals surface area contributed by atoms with Crippen molar-refractivity contribution in [3.8, 4) is 5.75 Å². The zero-order valence-electron chi connectivity index (χ0n) is 26.4. The summed E-state index contributed by atoms with van der Waals surface area (Å²) >= 11 is 0. The molecule has 0 aliphatic carbocycles. The lowest BCUT2D eigenvalue weighted by atomic mass is 9.86. The summed E-state index contributed by atoms with van der Waals surface area (Å²) in [6.07, 6.45) is 2.18. The lowest BCUT2D eigenvalue weighted by Gasteiger charge is -2.34. The van der Waals surface area contributed by atoms with E-state index in [4.69, 9.17) is 25.7 Å². The van der Waals surface area contributed by atoms with Crippen LogP contribution in [0.3, 0.4) is 0 Å². The first-order valence-electron chi connectivity index (χ1n) is 15.2. The number of nitrogens with two attached hydrogens (primary N) is 2. The van der Waals surface area contributed by atoms with Crippen LogP contribution < -0.4 is 16.2 Å². The minimum atomic E-state index is -0.566. The first-order valence-corrected chi connectivity index (χ1v) is 15.2. The fourth-order valence-corrected chi connectivity index (χ4v) is 5.73. The van der Waals surface area contributed by atoms with Crippen molar-refractivity contribution in [3.05, 3.63) is 52.8 Å². The van der Waals surface area contributed by atoms with Crippen molar-refractivity contribution >= 4 is 23.6 Å². The normalized spacial score (nSPS) is 17.1. The average molecular weight is 599 g/mol. The number of hydrogen-bond acceptors (Lipinski definition) is 7. The molecule has 2 aliphatic rings. The monoisotopic (exact) mass is 598 g/mol. The minimum absolute atomic E-state index is 0.0697. The van der Waals surface area contributed by atoms with Gasteiger partial charge < -0.3 is 35.5 Å². The van der Waals surface area contributed by atoms with Gasteiger partial charge in [0.1, 0.15) is 29.4 Å². The number of hydrogen-bond donors (Lipinski definition) is 2. The van der Waals surface area contributed by atoms with Gasteiger partial charge >= 0.3 is 12.2 Å². The van der Waals surface area contributed by atoms with Crippen molar-refractivity contribution in [1.29, 1.82) is 0 Å². The number of ether oxygens (including phenoxy) is 3. The molecule has 236 valence electrons. The Hall–Kier alpha value is -3.69. The van der Waals surface area contributed by atoms with E-state index in [1.165, 1.54) is 6.07 Å². The van der Waals surface area contributed by atoms with Crippen LogP contribution in [0.2, 0.25) is 0 Å². The number of nitrogen functional groups attached to an aromatic ring is 2. The first-order chi connectivity index (χ1) is 20.1. The smallest absolute Gasteiger partial charge is 0.410 e. The Morgan fingerprint density at radius 2 is 1.28 bits per heavy atom. The number of amides is 2. The molecule has 43 heavy (non-hydrogen) atoms. The largest absolute Gasteiger partial charge is 0.487 e. The summed E-state index contributed by atoms with van der Waals surface area (Å²) in [6.45, 7) is 13.5. The molecule has 0 bridgehead atoms. The molecule has 0 atom stereocenters.